The zero-order valence-corrected chi connectivity index (χ0v) is 10.0. The standard InChI is InChI=1S/C12H18N4O/c1-15-6-7-16(9-12(15)17)11(8-13)10-2-4-14-5-3-10/h2-5,11H,6-9,13H2,1H3. The van der Waals surface area contributed by atoms with Gasteiger partial charge >= 0.3 is 0 Å². The van der Waals surface area contributed by atoms with Gasteiger partial charge in [0.2, 0.25) is 5.91 Å². The van der Waals surface area contributed by atoms with Crippen molar-refractivity contribution in [2.24, 2.45) is 5.73 Å². The molecule has 1 aromatic rings. The lowest BCUT2D eigenvalue weighted by Gasteiger charge is -2.37. The van der Waals surface area contributed by atoms with Gasteiger partial charge in [0, 0.05) is 45.1 Å². The fourth-order valence-electron chi connectivity index (χ4n) is 2.12. The second-order valence-corrected chi connectivity index (χ2v) is 4.32. The highest BCUT2D eigenvalue weighted by atomic mass is 16.2. The minimum Gasteiger partial charge on any atom is -0.343 e. The molecular weight excluding hydrogens is 216 g/mol. The van der Waals surface area contributed by atoms with Gasteiger partial charge in [-0.1, -0.05) is 0 Å². The van der Waals surface area contributed by atoms with Crippen LogP contribution >= 0.6 is 0 Å². The van der Waals surface area contributed by atoms with Crippen LogP contribution in [-0.2, 0) is 4.79 Å². The van der Waals surface area contributed by atoms with Gasteiger partial charge < -0.3 is 10.6 Å². The van der Waals surface area contributed by atoms with Crippen LogP contribution in [0.5, 0.6) is 0 Å². The Morgan fingerprint density at radius 1 is 1.41 bits per heavy atom. The molecule has 5 heteroatoms. The Morgan fingerprint density at radius 3 is 2.71 bits per heavy atom. The van der Waals surface area contributed by atoms with E-state index >= 15 is 0 Å². The lowest BCUT2D eigenvalue weighted by molar-refractivity contribution is -0.135. The van der Waals surface area contributed by atoms with Gasteiger partial charge in [-0.2, -0.15) is 0 Å². The van der Waals surface area contributed by atoms with Crippen molar-refractivity contribution in [1.82, 2.24) is 14.8 Å². The third-order valence-electron chi connectivity index (χ3n) is 3.24. The summed E-state index contributed by atoms with van der Waals surface area (Å²) in [7, 11) is 1.84. The number of pyridine rings is 1. The Labute approximate surface area is 101 Å². The Bertz CT molecular complexity index is 381. The number of hydrogen-bond donors (Lipinski definition) is 1. The normalized spacial score (nSPS) is 19.4. The number of likely N-dealkylation sites (N-methyl/N-ethyl adjacent to an activating group) is 1. The number of carbonyl (C=O) groups excluding carboxylic acids is 1. The quantitative estimate of drug-likeness (QED) is 0.790. The number of carbonyl (C=O) groups is 1. The second-order valence-electron chi connectivity index (χ2n) is 4.32. The molecule has 92 valence electrons. The predicted octanol–water partition coefficient (Wildman–Crippen LogP) is -0.145. The maximum Gasteiger partial charge on any atom is 0.236 e. The van der Waals surface area contributed by atoms with E-state index < -0.39 is 0 Å². The number of piperazine rings is 1. The second kappa shape index (κ2) is 5.25. The summed E-state index contributed by atoms with van der Waals surface area (Å²) >= 11 is 0. The van der Waals surface area contributed by atoms with Crippen molar-refractivity contribution in [3.63, 3.8) is 0 Å². The highest BCUT2D eigenvalue weighted by Gasteiger charge is 2.27. The first kappa shape index (κ1) is 12.0. The SMILES string of the molecule is CN1CCN(C(CN)c2ccncc2)CC1=O. The van der Waals surface area contributed by atoms with Crippen LogP contribution in [0.3, 0.4) is 0 Å². The van der Waals surface area contributed by atoms with Crippen molar-refractivity contribution < 1.29 is 4.79 Å². The molecule has 1 unspecified atom stereocenters. The summed E-state index contributed by atoms with van der Waals surface area (Å²) in [6.45, 7) is 2.59. The first-order valence-electron chi connectivity index (χ1n) is 5.80. The van der Waals surface area contributed by atoms with Crippen LogP contribution in [0.4, 0.5) is 0 Å². The van der Waals surface area contributed by atoms with E-state index in [1.54, 1.807) is 17.3 Å². The van der Waals surface area contributed by atoms with Gasteiger partial charge in [-0.05, 0) is 17.7 Å². The monoisotopic (exact) mass is 234 g/mol. The highest BCUT2D eigenvalue weighted by molar-refractivity contribution is 5.78. The molecule has 0 bridgehead atoms. The number of rotatable bonds is 3. The average molecular weight is 234 g/mol. The van der Waals surface area contributed by atoms with E-state index in [1.807, 2.05) is 19.2 Å². The number of hydrogen-bond acceptors (Lipinski definition) is 4. The lowest BCUT2D eigenvalue weighted by Crippen LogP contribution is -2.50. The molecule has 1 aliphatic heterocycles. The molecule has 2 heterocycles. The molecule has 1 saturated heterocycles. The molecule has 1 amide bonds. The highest BCUT2D eigenvalue weighted by Crippen LogP contribution is 2.20. The molecule has 2 N–H and O–H groups in total. The maximum atomic E-state index is 11.7. The molecule has 0 aliphatic carbocycles. The molecule has 1 aromatic heterocycles. The molecule has 0 radical (unpaired) electrons. The first-order valence-corrected chi connectivity index (χ1v) is 5.80. The molecule has 17 heavy (non-hydrogen) atoms. The molecule has 2 rings (SSSR count). The summed E-state index contributed by atoms with van der Waals surface area (Å²) in [5, 5.41) is 0. The zero-order valence-electron chi connectivity index (χ0n) is 10.0. The minimum atomic E-state index is 0.107. The van der Waals surface area contributed by atoms with E-state index in [2.05, 4.69) is 9.88 Å². The molecule has 1 fully saturated rings. The summed E-state index contributed by atoms with van der Waals surface area (Å²) in [4.78, 5) is 19.6. The van der Waals surface area contributed by atoms with Crippen molar-refractivity contribution in [1.29, 1.82) is 0 Å². The maximum absolute atomic E-state index is 11.7. The molecule has 5 nitrogen and oxygen atoms in total. The van der Waals surface area contributed by atoms with E-state index in [9.17, 15) is 4.79 Å². The summed E-state index contributed by atoms with van der Waals surface area (Å²) in [5.74, 6) is 0.156. The molecule has 0 aromatic carbocycles. The van der Waals surface area contributed by atoms with E-state index in [0.29, 0.717) is 13.1 Å². The summed E-state index contributed by atoms with van der Waals surface area (Å²) in [6.07, 6.45) is 3.52. The van der Waals surface area contributed by atoms with Gasteiger partial charge in [0.05, 0.1) is 6.54 Å². The number of aromatic nitrogens is 1. The lowest BCUT2D eigenvalue weighted by atomic mass is 10.1. The van der Waals surface area contributed by atoms with E-state index in [-0.39, 0.29) is 11.9 Å². The van der Waals surface area contributed by atoms with Crippen molar-refractivity contribution in [2.75, 3.05) is 33.2 Å². The Hall–Kier alpha value is -1.46. The van der Waals surface area contributed by atoms with Gasteiger partial charge in [0.25, 0.3) is 0 Å². The van der Waals surface area contributed by atoms with E-state index in [0.717, 1.165) is 18.7 Å². The molecule has 0 saturated carbocycles. The van der Waals surface area contributed by atoms with Crippen molar-refractivity contribution in [2.45, 2.75) is 6.04 Å². The average Bonchev–Trinajstić information content (AvgIpc) is 2.36. The topological polar surface area (TPSA) is 62.5 Å². The van der Waals surface area contributed by atoms with Crippen LogP contribution < -0.4 is 5.73 Å². The molecule has 1 atom stereocenters. The van der Waals surface area contributed by atoms with Crippen LogP contribution in [0.25, 0.3) is 0 Å². The largest absolute Gasteiger partial charge is 0.343 e. The van der Waals surface area contributed by atoms with E-state index in [1.165, 1.54) is 0 Å². The molecular formula is C12H18N4O. The number of nitrogens with two attached hydrogens (primary N) is 1. The van der Waals surface area contributed by atoms with Crippen molar-refractivity contribution >= 4 is 5.91 Å². The summed E-state index contributed by atoms with van der Waals surface area (Å²) in [6, 6.07) is 4.02. The zero-order chi connectivity index (χ0) is 12.3. The van der Waals surface area contributed by atoms with Gasteiger partial charge in [-0.15, -0.1) is 0 Å². The van der Waals surface area contributed by atoms with Crippen LogP contribution in [0.1, 0.15) is 11.6 Å². The molecule has 0 spiro atoms. The Kier molecular flexibility index (Phi) is 3.71. The number of amides is 1. The first-order chi connectivity index (χ1) is 8.22. The van der Waals surface area contributed by atoms with Crippen LogP contribution in [0, 0.1) is 0 Å². The fourth-order valence-corrected chi connectivity index (χ4v) is 2.12. The molecule has 1 aliphatic rings. The van der Waals surface area contributed by atoms with Crippen LogP contribution in [-0.4, -0.2) is 53.9 Å². The van der Waals surface area contributed by atoms with Gasteiger partial charge in [-0.25, -0.2) is 0 Å². The third kappa shape index (κ3) is 2.62. The fraction of sp³-hybridized carbons (Fsp3) is 0.500. The Balaban J connectivity index is 2.12. The number of nitrogens with zero attached hydrogens (tertiary/aromatic N) is 3. The summed E-state index contributed by atoms with van der Waals surface area (Å²) < 4.78 is 0. The van der Waals surface area contributed by atoms with Gasteiger partial charge in [0.15, 0.2) is 0 Å². The van der Waals surface area contributed by atoms with Crippen LogP contribution in [0.2, 0.25) is 0 Å². The van der Waals surface area contributed by atoms with E-state index in [4.69, 9.17) is 5.73 Å². The third-order valence-corrected chi connectivity index (χ3v) is 3.24. The van der Waals surface area contributed by atoms with Crippen molar-refractivity contribution in [3.05, 3.63) is 30.1 Å². The predicted molar refractivity (Wildman–Crippen MR) is 65.2 cm³/mol. The van der Waals surface area contributed by atoms with Gasteiger partial charge in [0.1, 0.15) is 0 Å². The summed E-state index contributed by atoms with van der Waals surface area (Å²) in [5.41, 5.74) is 6.95. The van der Waals surface area contributed by atoms with Gasteiger partial charge in [-0.3, -0.25) is 14.7 Å². The smallest absolute Gasteiger partial charge is 0.236 e. The Morgan fingerprint density at radius 2 is 2.12 bits per heavy atom. The van der Waals surface area contributed by atoms with Crippen LogP contribution in [0.15, 0.2) is 24.5 Å². The minimum absolute atomic E-state index is 0.107. The van der Waals surface area contributed by atoms with Crippen molar-refractivity contribution in [3.8, 4) is 0 Å².